The summed E-state index contributed by atoms with van der Waals surface area (Å²) >= 11 is 0. The van der Waals surface area contributed by atoms with Gasteiger partial charge in [-0.05, 0) is 19.1 Å². The Morgan fingerprint density at radius 2 is 2.20 bits per heavy atom. The Balaban J connectivity index is 2.22. The normalized spacial score (nSPS) is 16.8. The van der Waals surface area contributed by atoms with Crippen molar-refractivity contribution in [2.45, 2.75) is 13.0 Å². The summed E-state index contributed by atoms with van der Waals surface area (Å²) < 4.78 is 5.29. The summed E-state index contributed by atoms with van der Waals surface area (Å²) in [5, 5.41) is 23.2. The van der Waals surface area contributed by atoms with Crippen molar-refractivity contribution in [1.29, 1.82) is 0 Å². The molecule has 7 nitrogen and oxygen atoms in total. The first-order valence-electron chi connectivity index (χ1n) is 6.61. The number of aliphatic hydroxyl groups is 1. The first-order chi connectivity index (χ1) is 9.58. The molecule has 1 aromatic carbocycles. The predicted molar refractivity (Wildman–Crippen MR) is 76.3 cm³/mol. The molecule has 7 heteroatoms. The fourth-order valence-electron chi connectivity index (χ4n) is 2.10. The molecular weight excluding hydrogens is 262 g/mol. The molecule has 2 rings (SSSR count). The molecule has 1 atom stereocenters. The van der Waals surface area contributed by atoms with Crippen LogP contribution in [0.1, 0.15) is 6.92 Å². The van der Waals surface area contributed by atoms with Crippen molar-refractivity contribution < 1.29 is 14.8 Å². The topological polar surface area (TPSA) is 87.9 Å². The van der Waals surface area contributed by atoms with E-state index in [-0.39, 0.29) is 12.2 Å². The SMILES string of the molecule is C[C@H](O)CNc1cc(N2CCOCC2)ccc1[N+](=O)[O-]. The highest BCUT2D eigenvalue weighted by Gasteiger charge is 2.18. The third-order valence-electron chi connectivity index (χ3n) is 3.14. The molecular formula is C13H19N3O4. The molecule has 1 aromatic rings. The van der Waals surface area contributed by atoms with Crippen LogP contribution in [0.3, 0.4) is 0 Å². The Labute approximate surface area is 117 Å². The number of hydrogen-bond donors (Lipinski definition) is 2. The van der Waals surface area contributed by atoms with E-state index in [4.69, 9.17) is 4.74 Å². The van der Waals surface area contributed by atoms with E-state index in [1.165, 1.54) is 6.07 Å². The number of nitrogens with zero attached hydrogens (tertiary/aromatic N) is 2. The molecule has 1 saturated heterocycles. The Bertz CT molecular complexity index is 473. The van der Waals surface area contributed by atoms with Gasteiger partial charge in [-0.2, -0.15) is 0 Å². The number of anilines is 2. The molecule has 20 heavy (non-hydrogen) atoms. The summed E-state index contributed by atoms with van der Waals surface area (Å²) in [7, 11) is 0. The Morgan fingerprint density at radius 1 is 1.50 bits per heavy atom. The van der Waals surface area contributed by atoms with E-state index < -0.39 is 11.0 Å². The van der Waals surface area contributed by atoms with Gasteiger partial charge in [0.1, 0.15) is 5.69 Å². The van der Waals surface area contributed by atoms with E-state index in [0.29, 0.717) is 18.9 Å². The number of hydrogen-bond acceptors (Lipinski definition) is 6. The van der Waals surface area contributed by atoms with Crippen LogP contribution in [0, 0.1) is 10.1 Å². The van der Waals surface area contributed by atoms with Crippen LogP contribution < -0.4 is 10.2 Å². The van der Waals surface area contributed by atoms with Gasteiger partial charge in [-0.25, -0.2) is 0 Å². The third kappa shape index (κ3) is 3.58. The number of nitro groups is 1. The first-order valence-corrected chi connectivity index (χ1v) is 6.61. The van der Waals surface area contributed by atoms with E-state index in [1.807, 2.05) is 0 Å². The van der Waals surface area contributed by atoms with Gasteiger partial charge < -0.3 is 20.1 Å². The summed E-state index contributed by atoms with van der Waals surface area (Å²) in [5.41, 5.74) is 1.37. The monoisotopic (exact) mass is 281 g/mol. The zero-order valence-corrected chi connectivity index (χ0v) is 11.4. The molecule has 1 aliphatic heterocycles. The maximum Gasteiger partial charge on any atom is 0.292 e. The van der Waals surface area contributed by atoms with Crippen molar-refractivity contribution in [2.24, 2.45) is 0 Å². The van der Waals surface area contributed by atoms with Crippen LogP contribution >= 0.6 is 0 Å². The highest BCUT2D eigenvalue weighted by atomic mass is 16.6. The minimum Gasteiger partial charge on any atom is -0.392 e. The van der Waals surface area contributed by atoms with Crippen molar-refractivity contribution in [2.75, 3.05) is 43.1 Å². The van der Waals surface area contributed by atoms with Crippen LogP contribution in [0.2, 0.25) is 0 Å². The van der Waals surface area contributed by atoms with Crippen molar-refractivity contribution in [3.8, 4) is 0 Å². The number of aliphatic hydroxyl groups excluding tert-OH is 1. The number of nitro benzene ring substituents is 1. The van der Waals surface area contributed by atoms with E-state index in [9.17, 15) is 15.2 Å². The summed E-state index contributed by atoms with van der Waals surface area (Å²) in [4.78, 5) is 12.7. The fraction of sp³-hybridized carbons (Fsp3) is 0.538. The summed E-state index contributed by atoms with van der Waals surface area (Å²) in [6.07, 6.45) is -0.568. The van der Waals surface area contributed by atoms with Crippen molar-refractivity contribution >= 4 is 17.1 Å². The van der Waals surface area contributed by atoms with Crippen LogP contribution in [-0.4, -0.2) is 49.0 Å². The average Bonchev–Trinajstić information content (AvgIpc) is 2.45. The lowest BCUT2D eigenvalue weighted by molar-refractivity contribution is -0.383. The molecule has 0 radical (unpaired) electrons. The van der Waals surface area contributed by atoms with Gasteiger partial charge in [-0.3, -0.25) is 10.1 Å². The standard InChI is InChI=1S/C13H19N3O4/c1-10(17)9-14-12-8-11(2-3-13(12)16(18)19)15-4-6-20-7-5-15/h2-3,8,10,14,17H,4-7,9H2,1H3/t10-/m0/s1. The minimum absolute atomic E-state index is 0.0164. The highest BCUT2D eigenvalue weighted by Crippen LogP contribution is 2.29. The van der Waals surface area contributed by atoms with Crippen LogP contribution in [0.4, 0.5) is 17.1 Å². The van der Waals surface area contributed by atoms with Crippen LogP contribution in [-0.2, 0) is 4.74 Å². The lowest BCUT2D eigenvalue weighted by Gasteiger charge is -2.29. The minimum atomic E-state index is -0.568. The number of morpholine rings is 1. The highest BCUT2D eigenvalue weighted by molar-refractivity contribution is 5.69. The van der Waals surface area contributed by atoms with Gasteiger partial charge in [0.25, 0.3) is 5.69 Å². The zero-order valence-electron chi connectivity index (χ0n) is 11.4. The van der Waals surface area contributed by atoms with Crippen LogP contribution in [0.15, 0.2) is 18.2 Å². The molecule has 0 aliphatic carbocycles. The lowest BCUT2D eigenvalue weighted by Crippen LogP contribution is -2.36. The number of nitrogens with one attached hydrogen (secondary N) is 1. The molecule has 0 unspecified atom stereocenters. The van der Waals surface area contributed by atoms with E-state index in [0.717, 1.165) is 18.8 Å². The van der Waals surface area contributed by atoms with Gasteiger partial charge in [0.05, 0.1) is 24.2 Å². The predicted octanol–water partition coefficient (Wildman–Crippen LogP) is 1.22. The molecule has 0 spiro atoms. The number of ether oxygens (including phenoxy) is 1. The van der Waals surface area contributed by atoms with Crippen LogP contribution in [0.5, 0.6) is 0 Å². The molecule has 110 valence electrons. The van der Waals surface area contributed by atoms with Crippen molar-refractivity contribution in [3.63, 3.8) is 0 Å². The second-order valence-corrected chi connectivity index (χ2v) is 4.79. The molecule has 1 fully saturated rings. The van der Waals surface area contributed by atoms with Crippen molar-refractivity contribution in [3.05, 3.63) is 28.3 Å². The zero-order chi connectivity index (χ0) is 14.5. The summed E-state index contributed by atoms with van der Waals surface area (Å²) in [5.74, 6) is 0. The summed E-state index contributed by atoms with van der Waals surface area (Å²) in [6.45, 7) is 4.76. The van der Waals surface area contributed by atoms with E-state index in [1.54, 1.807) is 19.1 Å². The molecule has 0 aromatic heterocycles. The quantitative estimate of drug-likeness (QED) is 0.623. The Kier molecular flexibility index (Phi) is 4.75. The second kappa shape index (κ2) is 6.53. The maximum absolute atomic E-state index is 11.0. The largest absolute Gasteiger partial charge is 0.392 e. The van der Waals surface area contributed by atoms with Gasteiger partial charge >= 0.3 is 0 Å². The Morgan fingerprint density at radius 3 is 2.80 bits per heavy atom. The van der Waals surface area contributed by atoms with E-state index >= 15 is 0 Å². The molecule has 2 N–H and O–H groups in total. The number of benzene rings is 1. The fourth-order valence-corrected chi connectivity index (χ4v) is 2.10. The number of rotatable bonds is 5. The molecule has 1 heterocycles. The first kappa shape index (κ1) is 14.5. The second-order valence-electron chi connectivity index (χ2n) is 4.79. The van der Waals surface area contributed by atoms with Gasteiger partial charge in [0.2, 0.25) is 0 Å². The summed E-state index contributed by atoms with van der Waals surface area (Å²) in [6, 6.07) is 5.00. The smallest absolute Gasteiger partial charge is 0.292 e. The van der Waals surface area contributed by atoms with Gasteiger partial charge in [0.15, 0.2) is 0 Å². The van der Waals surface area contributed by atoms with Gasteiger partial charge in [-0.1, -0.05) is 0 Å². The molecule has 0 amide bonds. The maximum atomic E-state index is 11.0. The van der Waals surface area contributed by atoms with E-state index in [2.05, 4.69) is 10.2 Å². The van der Waals surface area contributed by atoms with Crippen molar-refractivity contribution in [1.82, 2.24) is 0 Å². The third-order valence-corrected chi connectivity index (χ3v) is 3.14. The molecule has 0 saturated carbocycles. The van der Waals surface area contributed by atoms with Gasteiger partial charge in [0, 0.05) is 31.4 Å². The van der Waals surface area contributed by atoms with Crippen LogP contribution in [0.25, 0.3) is 0 Å². The van der Waals surface area contributed by atoms with Gasteiger partial charge in [-0.15, -0.1) is 0 Å². The lowest BCUT2D eigenvalue weighted by atomic mass is 10.2. The average molecular weight is 281 g/mol. The molecule has 0 bridgehead atoms. The molecule has 1 aliphatic rings. The Hall–Kier alpha value is -1.86.